The van der Waals surface area contributed by atoms with Crippen molar-refractivity contribution < 1.29 is 4.74 Å². The molecule has 0 amide bonds. The van der Waals surface area contributed by atoms with Crippen molar-refractivity contribution in [2.24, 2.45) is 0 Å². The number of thiazole rings is 1. The summed E-state index contributed by atoms with van der Waals surface area (Å²) >= 11 is 1.69. The molecule has 3 aromatic heterocycles. The van der Waals surface area contributed by atoms with E-state index >= 15 is 0 Å². The van der Waals surface area contributed by atoms with E-state index in [0.29, 0.717) is 6.10 Å². The number of hydrogen-bond acceptors (Lipinski definition) is 5. The number of fused-ring (bicyclic) bond motifs is 1. The Morgan fingerprint density at radius 2 is 2.12 bits per heavy atom. The van der Waals surface area contributed by atoms with E-state index in [1.807, 2.05) is 18.3 Å². The lowest BCUT2D eigenvalue weighted by atomic mass is 9.90. The highest BCUT2D eigenvalue weighted by atomic mass is 32.1. The monoisotopic (exact) mass is 361 g/mol. The van der Waals surface area contributed by atoms with Crippen molar-refractivity contribution in [3.63, 3.8) is 0 Å². The van der Waals surface area contributed by atoms with Crippen LogP contribution in [0.2, 0.25) is 0 Å². The van der Waals surface area contributed by atoms with Gasteiger partial charge in [-0.1, -0.05) is 6.07 Å². The van der Waals surface area contributed by atoms with Crippen LogP contribution in [-0.4, -0.2) is 27.7 Å². The molecule has 3 aromatic rings. The van der Waals surface area contributed by atoms with Crippen molar-refractivity contribution in [1.82, 2.24) is 15.0 Å². The van der Waals surface area contributed by atoms with Gasteiger partial charge >= 0.3 is 0 Å². The molecule has 5 rings (SSSR count). The third-order valence-corrected chi connectivity index (χ3v) is 6.09. The molecule has 0 bridgehead atoms. The van der Waals surface area contributed by atoms with Gasteiger partial charge in [-0.2, -0.15) is 0 Å². The van der Waals surface area contributed by atoms with Gasteiger partial charge in [0.25, 0.3) is 0 Å². The lowest BCUT2D eigenvalue weighted by Gasteiger charge is -2.18. The summed E-state index contributed by atoms with van der Waals surface area (Å²) in [5.74, 6) is 0. The number of aryl methyl sites for hydroxylation is 2. The average Bonchev–Trinajstić information content (AvgIpc) is 3.41. The highest BCUT2D eigenvalue weighted by Crippen LogP contribution is 2.37. The minimum absolute atomic E-state index is 0.295. The van der Waals surface area contributed by atoms with E-state index < -0.39 is 0 Å². The van der Waals surface area contributed by atoms with Crippen LogP contribution in [0.5, 0.6) is 0 Å². The van der Waals surface area contributed by atoms with Crippen LogP contribution >= 0.6 is 11.3 Å². The van der Waals surface area contributed by atoms with Gasteiger partial charge in [-0.05, 0) is 61.6 Å². The Kier molecular flexibility index (Phi) is 3.91. The van der Waals surface area contributed by atoms with Crippen molar-refractivity contribution in [1.29, 1.82) is 0 Å². The topological polar surface area (TPSA) is 51.2 Å². The minimum Gasteiger partial charge on any atom is -0.369 e. The Balaban J connectivity index is 1.56. The lowest BCUT2D eigenvalue weighted by molar-refractivity contribution is 0.440. The molecule has 1 unspecified atom stereocenters. The molecule has 130 valence electrons. The van der Waals surface area contributed by atoms with Crippen LogP contribution in [0.3, 0.4) is 0 Å². The Labute approximate surface area is 156 Å². The van der Waals surface area contributed by atoms with Gasteiger partial charge in [-0.15, -0.1) is 11.3 Å². The van der Waals surface area contributed by atoms with Gasteiger partial charge in [0.2, 0.25) is 0 Å². The molecule has 4 heterocycles. The zero-order chi connectivity index (χ0) is 17.5. The van der Waals surface area contributed by atoms with E-state index in [1.165, 1.54) is 17.6 Å². The van der Waals surface area contributed by atoms with Crippen molar-refractivity contribution >= 4 is 16.9 Å². The predicted molar refractivity (Wildman–Crippen MR) is 104 cm³/mol. The summed E-state index contributed by atoms with van der Waals surface area (Å²) < 4.78 is 5.39. The van der Waals surface area contributed by atoms with E-state index in [1.54, 1.807) is 17.5 Å². The van der Waals surface area contributed by atoms with Crippen LogP contribution in [0, 0.1) is 6.92 Å². The molecule has 1 aliphatic carbocycles. The summed E-state index contributed by atoms with van der Waals surface area (Å²) in [6.45, 7) is 2.91. The fourth-order valence-electron chi connectivity index (χ4n) is 3.47. The first-order valence-corrected chi connectivity index (χ1v) is 9.80. The molecule has 1 fully saturated rings. The van der Waals surface area contributed by atoms with E-state index in [9.17, 15) is 0 Å². The molecule has 1 saturated heterocycles. The SMILES string of the molecule is Cc1nc(-c2cccnc2)sc1-c1ccc2c(n1)C(=CC1CO1)CCC2. The molecular weight excluding hydrogens is 342 g/mol. The average molecular weight is 361 g/mol. The maximum absolute atomic E-state index is 5.39. The maximum atomic E-state index is 5.39. The van der Waals surface area contributed by atoms with Crippen LogP contribution in [0.15, 0.2) is 42.7 Å². The molecule has 5 heteroatoms. The van der Waals surface area contributed by atoms with E-state index in [0.717, 1.165) is 52.0 Å². The fraction of sp³-hybridized carbons (Fsp3) is 0.286. The van der Waals surface area contributed by atoms with Crippen LogP contribution in [0.4, 0.5) is 0 Å². The van der Waals surface area contributed by atoms with Gasteiger partial charge in [0.05, 0.1) is 34.7 Å². The van der Waals surface area contributed by atoms with Crippen LogP contribution in [0.25, 0.3) is 26.7 Å². The molecular formula is C21H19N3OS. The number of aromatic nitrogens is 3. The normalized spacial score (nSPS) is 20.2. The molecule has 0 N–H and O–H groups in total. The zero-order valence-corrected chi connectivity index (χ0v) is 15.4. The van der Waals surface area contributed by atoms with Crippen LogP contribution in [-0.2, 0) is 11.2 Å². The summed E-state index contributed by atoms with van der Waals surface area (Å²) in [4.78, 5) is 15.1. The molecule has 4 nitrogen and oxygen atoms in total. The Bertz CT molecular complexity index is 990. The smallest absolute Gasteiger partial charge is 0.125 e. The summed E-state index contributed by atoms with van der Waals surface area (Å²) in [5, 5.41) is 0.993. The molecule has 0 aromatic carbocycles. The standard InChI is InChI=1S/C21H19N3OS/c1-13-20(26-21(23-13)16-6-3-9-22-11-16)18-8-7-14-4-2-5-15(19(14)24-18)10-17-12-25-17/h3,6-11,17H,2,4-5,12H2,1H3. The van der Waals surface area contributed by atoms with Crippen molar-refractivity contribution in [3.05, 3.63) is 59.7 Å². The first-order valence-electron chi connectivity index (χ1n) is 8.99. The number of hydrogen-bond donors (Lipinski definition) is 0. The quantitative estimate of drug-likeness (QED) is 0.635. The molecule has 1 atom stereocenters. The third kappa shape index (κ3) is 2.97. The summed E-state index contributed by atoms with van der Waals surface area (Å²) in [5.41, 5.74) is 6.93. The second kappa shape index (κ2) is 6.41. The third-order valence-electron chi connectivity index (χ3n) is 4.86. The number of rotatable bonds is 3. The molecule has 2 aliphatic rings. The maximum Gasteiger partial charge on any atom is 0.125 e. The first kappa shape index (κ1) is 15.9. The Morgan fingerprint density at radius 3 is 2.92 bits per heavy atom. The highest BCUT2D eigenvalue weighted by molar-refractivity contribution is 7.18. The second-order valence-electron chi connectivity index (χ2n) is 6.80. The van der Waals surface area contributed by atoms with E-state index in [-0.39, 0.29) is 0 Å². The van der Waals surface area contributed by atoms with Gasteiger partial charge in [0, 0.05) is 18.0 Å². The van der Waals surface area contributed by atoms with Crippen molar-refractivity contribution in [3.8, 4) is 21.1 Å². The Morgan fingerprint density at radius 1 is 1.19 bits per heavy atom. The molecule has 0 radical (unpaired) electrons. The summed E-state index contributed by atoms with van der Waals surface area (Å²) in [6, 6.07) is 8.37. The van der Waals surface area contributed by atoms with Gasteiger partial charge in [-0.25, -0.2) is 9.97 Å². The van der Waals surface area contributed by atoms with E-state index in [4.69, 9.17) is 14.7 Å². The molecule has 1 aliphatic heterocycles. The molecule has 0 spiro atoms. The number of epoxide rings is 1. The van der Waals surface area contributed by atoms with Gasteiger partial charge < -0.3 is 4.74 Å². The number of pyridine rings is 2. The molecule has 0 saturated carbocycles. The van der Waals surface area contributed by atoms with Gasteiger partial charge in [0.15, 0.2) is 0 Å². The van der Waals surface area contributed by atoms with E-state index in [2.05, 4.69) is 30.1 Å². The zero-order valence-electron chi connectivity index (χ0n) is 14.6. The van der Waals surface area contributed by atoms with Gasteiger partial charge in [-0.3, -0.25) is 4.98 Å². The predicted octanol–water partition coefficient (Wildman–Crippen LogP) is 4.69. The second-order valence-corrected chi connectivity index (χ2v) is 7.80. The minimum atomic E-state index is 0.295. The number of ether oxygens (including phenoxy) is 1. The highest BCUT2D eigenvalue weighted by Gasteiger charge is 2.24. The van der Waals surface area contributed by atoms with Crippen LogP contribution < -0.4 is 0 Å². The largest absolute Gasteiger partial charge is 0.369 e. The van der Waals surface area contributed by atoms with Crippen molar-refractivity contribution in [2.75, 3.05) is 6.61 Å². The fourth-order valence-corrected chi connectivity index (χ4v) is 4.49. The first-order chi connectivity index (χ1) is 12.8. The van der Waals surface area contributed by atoms with Crippen molar-refractivity contribution in [2.45, 2.75) is 32.3 Å². The summed E-state index contributed by atoms with van der Waals surface area (Å²) in [7, 11) is 0. The Hall–Kier alpha value is -2.37. The molecule has 26 heavy (non-hydrogen) atoms. The summed E-state index contributed by atoms with van der Waals surface area (Å²) in [6.07, 6.45) is 9.59. The number of allylic oxidation sites excluding steroid dienone is 1. The lowest BCUT2D eigenvalue weighted by Crippen LogP contribution is -2.06. The van der Waals surface area contributed by atoms with Crippen LogP contribution in [0.1, 0.15) is 29.8 Å². The van der Waals surface area contributed by atoms with Gasteiger partial charge in [0.1, 0.15) is 5.01 Å². The number of nitrogens with zero attached hydrogens (tertiary/aromatic N) is 3.